The van der Waals surface area contributed by atoms with Crippen LogP contribution in [-0.2, 0) is 16.0 Å². The number of anilines is 1. The summed E-state index contributed by atoms with van der Waals surface area (Å²) in [7, 11) is 0. The lowest BCUT2D eigenvalue weighted by Gasteiger charge is -2.22. The van der Waals surface area contributed by atoms with Crippen molar-refractivity contribution in [1.29, 1.82) is 0 Å². The molecule has 1 atom stereocenters. The molecule has 1 unspecified atom stereocenters. The van der Waals surface area contributed by atoms with E-state index >= 15 is 0 Å². The summed E-state index contributed by atoms with van der Waals surface area (Å²) in [5.41, 5.74) is 2.60. The topological polar surface area (TPSA) is 105 Å². The number of hydrogen-bond acceptors (Lipinski definition) is 5. The average molecular weight is 413 g/mol. The van der Waals surface area contributed by atoms with E-state index in [1.165, 1.54) is 6.07 Å². The van der Waals surface area contributed by atoms with Gasteiger partial charge < -0.3 is 20.1 Å². The lowest BCUT2D eigenvalue weighted by Crippen LogP contribution is -2.18. The van der Waals surface area contributed by atoms with Gasteiger partial charge in [0.25, 0.3) is 0 Å². The number of halogens is 1. The molecule has 1 aromatic carbocycles. The van der Waals surface area contributed by atoms with Crippen molar-refractivity contribution in [2.45, 2.75) is 44.8 Å². The molecule has 1 aliphatic heterocycles. The van der Waals surface area contributed by atoms with Crippen LogP contribution in [0.2, 0.25) is 0 Å². The third-order valence-corrected chi connectivity index (χ3v) is 5.64. The van der Waals surface area contributed by atoms with Gasteiger partial charge in [0.15, 0.2) is 11.5 Å². The predicted molar refractivity (Wildman–Crippen MR) is 108 cm³/mol. The number of fused-ring (bicyclic) bond motifs is 1. The molecule has 2 fully saturated rings. The third-order valence-electron chi connectivity index (χ3n) is 5.64. The number of rotatable bonds is 6. The van der Waals surface area contributed by atoms with Crippen LogP contribution in [0, 0.1) is 11.7 Å². The summed E-state index contributed by atoms with van der Waals surface area (Å²) in [6.45, 7) is 0.549. The zero-order chi connectivity index (χ0) is 20.7. The molecular weight excluding hydrogens is 389 g/mol. The Morgan fingerprint density at radius 2 is 2.20 bits per heavy atom. The quantitative estimate of drug-likeness (QED) is 0.576. The Balaban J connectivity index is 1.53. The zero-order valence-corrected chi connectivity index (χ0v) is 16.5. The number of ether oxygens (including phenoxy) is 1. The Bertz CT molecular complexity index is 1080. The fraction of sp³-hybridized carbons (Fsp3) is 0.476. The lowest BCUT2D eigenvalue weighted by atomic mass is 10.1. The second kappa shape index (κ2) is 7.81. The van der Waals surface area contributed by atoms with E-state index in [1.807, 2.05) is 0 Å². The Hall–Kier alpha value is -2.78. The normalized spacial score (nSPS) is 19.3. The monoisotopic (exact) mass is 413 g/mol. The maximum Gasteiger partial charge on any atom is 0.227 e. The Morgan fingerprint density at radius 3 is 2.93 bits per heavy atom. The average Bonchev–Trinajstić information content (AvgIpc) is 3.41. The molecule has 1 aliphatic carbocycles. The number of aliphatic hydroxyl groups excluding tert-OH is 1. The first-order valence-corrected chi connectivity index (χ1v) is 10.4. The molecule has 5 rings (SSSR count). The molecule has 3 N–H and O–H groups in total. The summed E-state index contributed by atoms with van der Waals surface area (Å²) in [6.07, 6.45) is 6.58. The van der Waals surface area contributed by atoms with E-state index in [-0.39, 0.29) is 31.1 Å². The van der Waals surface area contributed by atoms with Gasteiger partial charge >= 0.3 is 0 Å². The van der Waals surface area contributed by atoms with Crippen LogP contribution in [0.3, 0.4) is 0 Å². The molecule has 2 aliphatic rings. The fourth-order valence-electron chi connectivity index (χ4n) is 3.82. The molecule has 30 heavy (non-hydrogen) atoms. The fourth-order valence-corrected chi connectivity index (χ4v) is 3.82. The summed E-state index contributed by atoms with van der Waals surface area (Å²) in [6, 6.07) is 3.01. The van der Waals surface area contributed by atoms with Crippen molar-refractivity contribution < 1.29 is 19.0 Å². The Labute approximate surface area is 172 Å². The van der Waals surface area contributed by atoms with Gasteiger partial charge in [0.2, 0.25) is 5.91 Å². The molecule has 0 spiro atoms. The van der Waals surface area contributed by atoms with Crippen molar-refractivity contribution in [2.24, 2.45) is 5.92 Å². The van der Waals surface area contributed by atoms with Gasteiger partial charge in [-0.15, -0.1) is 0 Å². The zero-order valence-electron chi connectivity index (χ0n) is 16.5. The first-order valence-electron chi connectivity index (χ1n) is 10.4. The summed E-state index contributed by atoms with van der Waals surface area (Å²) in [5.74, 6) is 0.0786. The summed E-state index contributed by atoms with van der Waals surface area (Å²) in [4.78, 5) is 20.1. The molecule has 2 aromatic heterocycles. The standard InChI is InChI=1S/C21H24FN5O3/c22-14-10-16-15(9-13(14)6-7-28)23-20(24-16)19-17(25-21(29)12-4-5-12)11-27(26-19)18-3-1-2-8-30-18/h9-12,18,28H,1-8H2,(H,23,24)(H,25,29). The van der Waals surface area contributed by atoms with E-state index in [1.54, 1.807) is 16.9 Å². The van der Waals surface area contributed by atoms with Gasteiger partial charge in [0.1, 0.15) is 12.0 Å². The van der Waals surface area contributed by atoms with Crippen LogP contribution in [0.4, 0.5) is 10.1 Å². The molecule has 8 nitrogen and oxygen atoms in total. The van der Waals surface area contributed by atoms with Gasteiger partial charge in [-0.2, -0.15) is 5.10 Å². The predicted octanol–water partition coefficient (Wildman–Crippen LogP) is 3.15. The number of aromatic amines is 1. The molecular formula is C21H24FN5O3. The van der Waals surface area contributed by atoms with E-state index in [0.29, 0.717) is 40.4 Å². The Morgan fingerprint density at radius 1 is 1.33 bits per heavy atom. The Kier molecular flexibility index (Phi) is 5.00. The van der Waals surface area contributed by atoms with Gasteiger partial charge in [0.05, 0.1) is 22.9 Å². The first-order chi connectivity index (χ1) is 14.6. The van der Waals surface area contributed by atoms with E-state index in [9.17, 15) is 9.18 Å². The number of nitrogens with one attached hydrogen (secondary N) is 2. The SMILES string of the molecule is O=C(Nc1cn(C2CCCCO2)nc1-c1nc2cc(F)c(CCO)cc2[nH]1)C1CC1. The molecule has 9 heteroatoms. The summed E-state index contributed by atoms with van der Waals surface area (Å²) < 4.78 is 21.8. The number of amides is 1. The molecule has 3 aromatic rings. The minimum atomic E-state index is -0.405. The highest BCUT2D eigenvalue weighted by atomic mass is 19.1. The maximum atomic E-state index is 14.3. The van der Waals surface area contributed by atoms with Crippen molar-refractivity contribution in [3.63, 3.8) is 0 Å². The van der Waals surface area contributed by atoms with Gasteiger partial charge in [-0.25, -0.2) is 14.1 Å². The molecule has 3 heterocycles. The van der Waals surface area contributed by atoms with Crippen LogP contribution < -0.4 is 5.32 Å². The second-order valence-electron chi connectivity index (χ2n) is 7.98. The molecule has 158 valence electrons. The van der Waals surface area contributed by atoms with Crippen LogP contribution in [0.5, 0.6) is 0 Å². The molecule has 0 bridgehead atoms. The molecule has 1 saturated carbocycles. The number of aliphatic hydroxyl groups is 1. The van der Waals surface area contributed by atoms with Crippen molar-refractivity contribution >= 4 is 22.6 Å². The molecule has 1 saturated heterocycles. The number of nitrogens with zero attached hydrogens (tertiary/aromatic N) is 3. The van der Waals surface area contributed by atoms with Gasteiger partial charge in [-0.05, 0) is 50.2 Å². The van der Waals surface area contributed by atoms with Gasteiger partial charge in [0, 0.05) is 25.2 Å². The molecule has 1 amide bonds. The number of carbonyl (C=O) groups excluding carboxylic acids is 1. The number of benzene rings is 1. The summed E-state index contributed by atoms with van der Waals surface area (Å²) >= 11 is 0. The van der Waals surface area contributed by atoms with Crippen molar-refractivity contribution in [3.8, 4) is 11.5 Å². The number of H-pyrrole nitrogens is 1. The van der Waals surface area contributed by atoms with Crippen molar-refractivity contribution in [2.75, 3.05) is 18.5 Å². The first kappa shape index (κ1) is 19.2. The number of imidazole rings is 1. The highest BCUT2D eigenvalue weighted by Gasteiger charge is 2.31. The van der Waals surface area contributed by atoms with E-state index in [4.69, 9.17) is 9.84 Å². The number of aromatic nitrogens is 4. The third kappa shape index (κ3) is 3.70. The van der Waals surface area contributed by atoms with Gasteiger partial charge in [-0.1, -0.05) is 0 Å². The van der Waals surface area contributed by atoms with Crippen LogP contribution in [0.25, 0.3) is 22.6 Å². The van der Waals surface area contributed by atoms with Crippen molar-refractivity contribution in [1.82, 2.24) is 19.7 Å². The van der Waals surface area contributed by atoms with Gasteiger partial charge in [-0.3, -0.25) is 4.79 Å². The number of carbonyl (C=O) groups is 1. The largest absolute Gasteiger partial charge is 0.396 e. The van der Waals surface area contributed by atoms with Crippen LogP contribution in [0.1, 0.15) is 43.9 Å². The highest BCUT2D eigenvalue weighted by molar-refractivity contribution is 5.97. The van der Waals surface area contributed by atoms with Crippen LogP contribution >= 0.6 is 0 Å². The van der Waals surface area contributed by atoms with E-state index in [2.05, 4.69) is 20.4 Å². The minimum absolute atomic E-state index is 0.0206. The minimum Gasteiger partial charge on any atom is -0.396 e. The van der Waals surface area contributed by atoms with E-state index in [0.717, 1.165) is 32.1 Å². The maximum absolute atomic E-state index is 14.3. The number of hydrogen-bond donors (Lipinski definition) is 3. The lowest BCUT2D eigenvalue weighted by molar-refractivity contribution is -0.117. The van der Waals surface area contributed by atoms with Crippen LogP contribution in [-0.4, -0.2) is 44.0 Å². The van der Waals surface area contributed by atoms with E-state index < -0.39 is 5.82 Å². The second-order valence-corrected chi connectivity index (χ2v) is 7.98. The van der Waals surface area contributed by atoms with Crippen LogP contribution in [0.15, 0.2) is 18.3 Å². The highest BCUT2D eigenvalue weighted by Crippen LogP contribution is 2.34. The van der Waals surface area contributed by atoms with Crippen molar-refractivity contribution in [3.05, 3.63) is 29.7 Å². The summed E-state index contributed by atoms with van der Waals surface area (Å²) in [5, 5.41) is 16.8. The smallest absolute Gasteiger partial charge is 0.227 e. The molecule has 0 radical (unpaired) electrons.